The van der Waals surface area contributed by atoms with E-state index in [-0.39, 0.29) is 11.6 Å². The number of hydrogen-bond donors (Lipinski definition) is 2. The first-order chi connectivity index (χ1) is 9.04. The molecule has 3 rings (SSSR count). The van der Waals surface area contributed by atoms with Gasteiger partial charge in [0.2, 0.25) is 0 Å². The zero-order valence-corrected chi connectivity index (χ0v) is 11.8. The van der Waals surface area contributed by atoms with Crippen LogP contribution in [0, 0.1) is 18.8 Å². The Kier molecular flexibility index (Phi) is 3.15. The maximum absolute atomic E-state index is 12.6. The molecule has 7 heteroatoms. The van der Waals surface area contributed by atoms with Crippen molar-refractivity contribution in [2.75, 3.05) is 13.1 Å². The Balaban J connectivity index is 1.91. The summed E-state index contributed by atoms with van der Waals surface area (Å²) in [4.78, 5) is 0. The number of aliphatic hydroxyl groups is 1. The molecule has 106 valence electrons. The largest absolute Gasteiger partial charge is 0.392 e. The molecule has 1 aromatic heterocycles. The number of nitrogens with zero attached hydrogens (tertiary/aromatic N) is 2. The van der Waals surface area contributed by atoms with E-state index in [1.165, 1.54) is 10.7 Å². The fourth-order valence-electron chi connectivity index (χ4n) is 3.34. The van der Waals surface area contributed by atoms with Crippen LogP contribution in [-0.2, 0) is 16.6 Å². The highest BCUT2D eigenvalue weighted by Gasteiger charge is 2.42. The molecule has 6 nitrogen and oxygen atoms in total. The molecule has 1 aliphatic heterocycles. The van der Waals surface area contributed by atoms with Crippen molar-refractivity contribution < 1.29 is 13.5 Å². The molecule has 1 aromatic rings. The second kappa shape index (κ2) is 4.57. The predicted octanol–water partition coefficient (Wildman–Crippen LogP) is 0.631. The van der Waals surface area contributed by atoms with Crippen LogP contribution in [-0.4, -0.2) is 41.1 Å². The Labute approximate surface area is 112 Å². The van der Waals surface area contributed by atoms with E-state index in [0.717, 1.165) is 12.8 Å². The summed E-state index contributed by atoms with van der Waals surface area (Å²) in [5, 5.41) is 15.8. The van der Waals surface area contributed by atoms with Crippen molar-refractivity contribution in [1.29, 1.82) is 0 Å². The van der Waals surface area contributed by atoms with Gasteiger partial charge in [-0.25, -0.2) is 8.42 Å². The summed E-state index contributed by atoms with van der Waals surface area (Å²) in [7, 11) is -3.57. The molecule has 2 unspecified atom stereocenters. The molecule has 2 heterocycles. The van der Waals surface area contributed by atoms with E-state index >= 15 is 0 Å². The lowest BCUT2D eigenvalue weighted by molar-refractivity contribution is 0.277. The van der Waals surface area contributed by atoms with Gasteiger partial charge in [0.1, 0.15) is 0 Å². The molecular formula is C12H19N3O3S. The van der Waals surface area contributed by atoms with Crippen LogP contribution in [0.25, 0.3) is 0 Å². The number of sulfonamides is 1. The number of H-pyrrole nitrogens is 1. The van der Waals surface area contributed by atoms with Crippen molar-refractivity contribution in [2.45, 2.75) is 37.8 Å². The third kappa shape index (κ3) is 2.00. The Morgan fingerprint density at radius 3 is 2.58 bits per heavy atom. The molecule has 0 amide bonds. The lowest BCUT2D eigenvalue weighted by Crippen LogP contribution is -2.30. The maximum Gasteiger partial charge on any atom is 0.262 e. The van der Waals surface area contributed by atoms with Gasteiger partial charge in [-0.3, -0.25) is 5.10 Å². The summed E-state index contributed by atoms with van der Waals surface area (Å²) in [5.74, 6) is 1.01. The first kappa shape index (κ1) is 13.1. The Bertz CT molecular complexity index is 569. The molecule has 2 aliphatic rings. The Hall–Kier alpha value is -0.920. The molecule has 2 atom stereocenters. The normalized spacial score (nSPS) is 27.9. The van der Waals surface area contributed by atoms with Gasteiger partial charge in [0.05, 0.1) is 6.61 Å². The van der Waals surface area contributed by atoms with Crippen LogP contribution in [0.5, 0.6) is 0 Å². The van der Waals surface area contributed by atoms with E-state index in [0.29, 0.717) is 36.2 Å². The first-order valence-electron chi connectivity index (χ1n) is 6.69. The summed E-state index contributed by atoms with van der Waals surface area (Å²) in [6.45, 7) is 2.61. The highest BCUT2D eigenvalue weighted by Crippen LogP contribution is 2.39. The van der Waals surface area contributed by atoms with Crippen molar-refractivity contribution in [3.05, 3.63) is 11.3 Å². The van der Waals surface area contributed by atoms with Gasteiger partial charge in [-0.2, -0.15) is 9.40 Å². The minimum absolute atomic E-state index is 0.00697. The van der Waals surface area contributed by atoms with Crippen LogP contribution in [0.2, 0.25) is 0 Å². The fraction of sp³-hybridized carbons (Fsp3) is 0.750. The molecule has 2 fully saturated rings. The topological polar surface area (TPSA) is 86.3 Å². The number of aromatic amines is 1. The number of aryl methyl sites for hydroxylation is 1. The minimum atomic E-state index is -3.57. The Morgan fingerprint density at radius 2 is 2.00 bits per heavy atom. The van der Waals surface area contributed by atoms with Gasteiger partial charge in [-0.1, -0.05) is 6.42 Å². The zero-order chi connectivity index (χ0) is 13.6. The molecule has 1 saturated carbocycles. The standard InChI is InChI=1S/C12H19N3O3S/c1-8-11(7-16)12(14-13-8)19(17,18)15-5-9-3-2-4-10(9)6-15/h9-10,16H,2-7H2,1H3,(H,13,14). The van der Waals surface area contributed by atoms with E-state index in [1.54, 1.807) is 6.92 Å². The maximum atomic E-state index is 12.6. The number of hydrogen-bond acceptors (Lipinski definition) is 4. The first-order valence-corrected chi connectivity index (χ1v) is 8.13. The summed E-state index contributed by atoms with van der Waals surface area (Å²) < 4.78 is 26.7. The second-order valence-electron chi connectivity index (χ2n) is 5.56. The molecule has 19 heavy (non-hydrogen) atoms. The number of aliphatic hydroxyl groups excluding tert-OH is 1. The third-order valence-corrected chi connectivity index (χ3v) is 6.28. The second-order valence-corrected chi connectivity index (χ2v) is 7.42. The van der Waals surface area contributed by atoms with Crippen LogP contribution < -0.4 is 0 Å². The van der Waals surface area contributed by atoms with Crippen LogP contribution in [0.3, 0.4) is 0 Å². The predicted molar refractivity (Wildman–Crippen MR) is 68.8 cm³/mol. The van der Waals surface area contributed by atoms with Crippen molar-refractivity contribution in [3.8, 4) is 0 Å². The molecule has 0 radical (unpaired) electrons. The van der Waals surface area contributed by atoms with Gasteiger partial charge in [0.25, 0.3) is 10.0 Å². The van der Waals surface area contributed by atoms with E-state index in [1.807, 2.05) is 0 Å². The fourth-order valence-corrected chi connectivity index (χ4v) is 5.05. The van der Waals surface area contributed by atoms with Gasteiger partial charge in [0.15, 0.2) is 5.03 Å². The van der Waals surface area contributed by atoms with E-state index in [2.05, 4.69) is 10.2 Å². The zero-order valence-electron chi connectivity index (χ0n) is 11.0. The van der Waals surface area contributed by atoms with E-state index in [9.17, 15) is 13.5 Å². The van der Waals surface area contributed by atoms with Crippen LogP contribution in [0.1, 0.15) is 30.5 Å². The van der Waals surface area contributed by atoms with Gasteiger partial charge in [-0.05, 0) is 31.6 Å². The number of nitrogens with one attached hydrogen (secondary N) is 1. The summed E-state index contributed by atoms with van der Waals surface area (Å²) in [6, 6.07) is 0. The van der Waals surface area contributed by atoms with Crippen molar-refractivity contribution in [2.24, 2.45) is 11.8 Å². The van der Waals surface area contributed by atoms with Gasteiger partial charge < -0.3 is 5.11 Å². The highest BCUT2D eigenvalue weighted by molar-refractivity contribution is 7.89. The van der Waals surface area contributed by atoms with Gasteiger partial charge in [-0.15, -0.1) is 0 Å². The molecule has 2 N–H and O–H groups in total. The molecule has 0 bridgehead atoms. The van der Waals surface area contributed by atoms with Crippen LogP contribution in [0.4, 0.5) is 0 Å². The van der Waals surface area contributed by atoms with Gasteiger partial charge >= 0.3 is 0 Å². The summed E-state index contributed by atoms with van der Waals surface area (Å²) >= 11 is 0. The summed E-state index contributed by atoms with van der Waals surface area (Å²) in [6.07, 6.45) is 3.47. The number of rotatable bonds is 3. The van der Waals surface area contributed by atoms with E-state index < -0.39 is 10.0 Å². The third-order valence-electron chi connectivity index (χ3n) is 4.47. The molecule has 1 aliphatic carbocycles. The minimum Gasteiger partial charge on any atom is -0.392 e. The molecule has 1 saturated heterocycles. The average Bonchev–Trinajstić information content (AvgIpc) is 3.00. The van der Waals surface area contributed by atoms with Gasteiger partial charge in [0, 0.05) is 24.3 Å². The Morgan fingerprint density at radius 1 is 1.37 bits per heavy atom. The number of aromatic nitrogens is 2. The van der Waals surface area contributed by atoms with Crippen molar-refractivity contribution >= 4 is 10.0 Å². The molecule has 0 aromatic carbocycles. The smallest absolute Gasteiger partial charge is 0.262 e. The molecular weight excluding hydrogens is 266 g/mol. The number of fused-ring (bicyclic) bond motifs is 1. The quantitative estimate of drug-likeness (QED) is 0.853. The van der Waals surface area contributed by atoms with Crippen LogP contribution >= 0.6 is 0 Å². The molecule has 0 spiro atoms. The SMILES string of the molecule is Cc1[nH]nc(S(=O)(=O)N2CC3CCCC3C2)c1CO. The lowest BCUT2D eigenvalue weighted by atomic mass is 10.0. The lowest BCUT2D eigenvalue weighted by Gasteiger charge is -2.16. The highest BCUT2D eigenvalue weighted by atomic mass is 32.2. The van der Waals surface area contributed by atoms with Crippen LogP contribution in [0.15, 0.2) is 5.03 Å². The monoisotopic (exact) mass is 285 g/mol. The van der Waals surface area contributed by atoms with E-state index in [4.69, 9.17) is 0 Å². The average molecular weight is 285 g/mol. The summed E-state index contributed by atoms with van der Waals surface area (Å²) in [5.41, 5.74) is 0.998. The van der Waals surface area contributed by atoms with Crippen molar-refractivity contribution in [3.63, 3.8) is 0 Å². The van der Waals surface area contributed by atoms with Crippen molar-refractivity contribution in [1.82, 2.24) is 14.5 Å².